The number of likely N-dealkylation sites (N-methyl/N-ethyl adjacent to an activating group) is 1. The lowest BCUT2D eigenvalue weighted by Crippen LogP contribution is -2.28. The summed E-state index contributed by atoms with van der Waals surface area (Å²) in [7, 11) is 0. The van der Waals surface area contributed by atoms with Gasteiger partial charge in [-0.2, -0.15) is 0 Å². The first kappa shape index (κ1) is 14.7. The number of hydrogen-bond acceptors (Lipinski definition) is 4. The number of pyridine rings is 1. The van der Waals surface area contributed by atoms with Gasteiger partial charge in [-0.1, -0.05) is 25.4 Å². The number of carbonyl (C=O) groups is 1. The van der Waals surface area contributed by atoms with Crippen molar-refractivity contribution in [1.29, 1.82) is 0 Å². The third-order valence-corrected chi connectivity index (χ3v) is 3.02. The molecule has 0 unspecified atom stereocenters. The second-order valence-electron chi connectivity index (χ2n) is 3.81. The summed E-state index contributed by atoms with van der Waals surface area (Å²) in [5.74, 6) is -0.516. The zero-order valence-electron chi connectivity index (χ0n) is 10.6. The summed E-state index contributed by atoms with van der Waals surface area (Å²) < 4.78 is 0. The number of carboxylic acids is 1. The van der Waals surface area contributed by atoms with Crippen molar-refractivity contribution >= 4 is 23.4 Å². The second-order valence-corrected chi connectivity index (χ2v) is 4.22. The molecular weight excluding hydrogens is 254 g/mol. The Morgan fingerprint density at radius 3 is 2.72 bits per heavy atom. The molecule has 0 atom stereocenters. The van der Waals surface area contributed by atoms with E-state index < -0.39 is 5.97 Å². The molecular formula is C12H18ClN3O2. The fourth-order valence-corrected chi connectivity index (χ4v) is 1.77. The second kappa shape index (κ2) is 7.18. The molecule has 0 bridgehead atoms. The minimum absolute atomic E-state index is 0.0667. The minimum Gasteiger partial charge on any atom is -0.478 e. The Labute approximate surface area is 112 Å². The van der Waals surface area contributed by atoms with Gasteiger partial charge in [0.15, 0.2) is 0 Å². The molecule has 0 spiro atoms. The van der Waals surface area contributed by atoms with Gasteiger partial charge in [-0.3, -0.25) is 0 Å². The Bertz CT molecular complexity index is 408. The number of hydrogen-bond donors (Lipinski definition) is 2. The van der Waals surface area contributed by atoms with Gasteiger partial charge in [0.1, 0.15) is 5.82 Å². The Hall–Kier alpha value is -1.33. The summed E-state index contributed by atoms with van der Waals surface area (Å²) in [6.07, 6.45) is 1.35. The number of nitrogens with one attached hydrogen (secondary N) is 1. The Balaban J connectivity index is 2.58. The highest BCUT2D eigenvalue weighted by Gasteiger charge is 2.10. The minimum atomic E-state index is -1.05. The van der Waals surface area contributed by atoms with Crippen LogP contribution in [0, 0.1) is 0 Å². The summed E-state index contributed by atoms with van der Waals surface area (Å²) in [5, 5.41) is 12.2. The van der Waals surface area contributed by atoms with Crippen LogP contribution in [0.5, 0.6) is 0 Å². The third kappa shape index (κ3) is 4.16. The van der Waals surface area contributed by atoms with E-state index in [9.17, 15) is 4.79 Å². The van der Waals surface area contributed by atoms with Gasteiger partial charge in [0, 0.05) is 19.3 Å². The van der Waals surface area contributed by atoms with E-state index in [1.807, 2.05) is 0 Å². The highest BCUT2D eigenvalue weighted by Crippen LogP contribution is 2.17. The van der Waals surface area contributed by atoms with Crippen LogP contribution in [0.15, 0.2) is 12.3 Å². The molecule has 5 nitrogen and oxygen atoms in total. The van der Waals surface area contributed by atoms with Crippen molar-refractivity contribution < 1.29 is 9.90 Å². The summed E-state index contributed by atoms with van der Waals surface area (Å²) >= 11 is 5.74. The van der Waals surface area contributed by atoms with Crippen LogP contribution in [-0.4, -0.2) is 47.1 Å². The van der Waals surface area contributed by atoms with E-state index in [1.165, 1.54) is 12.3 Å². The SMILES string of the molecule is CCN(CC)CCNc1cc(C(=O)O)c(Cl)cn1. The van der Waals surface area contributed by atoms with Crippen LogP contribution < -0.4 is 5.32 Å². The number of rotatable bonds is 7. The maximum atomic E-state index is 10.9. The molecule has 0 aliphatic rings. The molecule has 1 aromatic rings. The molecule has 0 saturated heterocycles. The summed E-state index contributed by atoms with van der Waals surface area (Å²) in [6, 6.07) is 1.45. The molecule has 1 aromatic heterocycles. The predicted octanol–water partition coefficient (Wildman–Crippen LogP) is 2.19. The van der Waals surface area contributed by atoms with E-state index in [0.29, 0.717) is 5.82 Å². The number of carboxylic acid groups (broad SMARTS) is 1. The Morgan fingerprint density at radius 1 is 1.50 bits per heavy atom. The van der Waals surface area contributed by atoms with Crippen molar-refractivity contribution in [3.8, 4) is 0 Å². The molecule has 1 heterocycles. The Morgan fingerprint density at radius 2 is 2.17 bits per heavy atom. The lowest BCUT2D eigenvalue weighted by Gasteiger charge is -2.18. The number of aromatic nitrogens is 1. The van der Waals surface area contributed by atoms with E-state index in [2.05, 4.69) is 29.0 Å². The molecule has 18 heavy (non-hydrogen) atoms. The first-order chi connectivity index (χ1) is 8.58. The average molecular weight is 272 g/mol. The molecule has 0 radical (unpaired) electrons. The van der Waals surface area contributed by atoms with Gasteiger partial charge in [0.2, 0.25) is 0 Å². The number of halogens is 1. The van der Waals surface area contributed by atoms with Gasteiger partial charge >= 0.3 is 5.97 Å². The monoisotopic (exact) mass is 271 g/mol. The van der Waals surface area contributed by atoms with Crippen LogP contribution in [0.1, 0.15) is 24.2 Å². The normalized spacial score (nSPS) is 10.7. The molecule has 0 aliphatic carbocycles. The van der Waals surface area contributed by atoms with E-state index >= 15 is 0 Å². The largest absolute Gasteiger partial charge is 0.478 e. The quantitative estimate of drug-likeness (QED) is 0.796. The molecule has 0 fully saturated rings. The van der Waals surface area contributed by atoms with Crippen molar-refractivity contribution in [1.82, 2.24) is 9.88 Å². The number of anilines is 1. The lowest BCUT2D eigenvalue weighted by atomic mass is 10.2. The van der Waals surface area contributed by atoms with E-state index in [-0.39, 0.29) is 10.6 Å². The first-order valence-corrected chi connectivity index (χ1v) is 6.31. The van der Waals surface area contributed by atoms with Crippen LogP contribution in [-0.2, 0) is 0 Å². The molecule has 0 aromatic carbocycles. The average Bonchev–Trinajstić information content (AvgIpc) is 2.36. The molecule has 2 N–H and O–H groups in total. The zero-order valence-corrected chi connectivity index (χ0v) is 11.4. The van der Waals surface area contributed by atoms with Gasteiger partial charge in [-0.15, -0.1) is 0 Å². The van der Waals surface area contributed by atoms with Crippen molar-refractivity contribution in [2.75, 3.05) is 31.5 Å². The smallest absolute Gasteiger partial charge is 0.337 e. The summed E-state index contributed by atoms with van der Waals surface area (Å²) in [5.41, 5.74) is 0.0667. The molecule has 0 aliphatic heterocycles. The van der Waals surface area contributed by atoms with Gasteiger partial charge in [-0.05, 0) is 19.2 Å². The predicted molar refractivity (Wildman–Crippen MR) is 72.5 cm³/mol. The Kier molecular flexibility index (Phi) is 5.88. The van der Waals surface area contributed by atoms with Crippen molar-refractivity contribution in [3.05, 3.63) is 22.8 Å². The van der Waals surface area contributed by atoms with E-state index in [0.717, 1.165) is 26.2 Å². The topological polar surface area (TPSA) is 65.5 Å². The third-order valence-electron chi connectivity index (χ3n) is 2.71. The van der Waals surface area contributed by atoms with Crippen molar-refractivity contribution in [2.45, 2.75) is 13.8 Å². The highest BCUT2D eigenvalue weighted by molar-refractivity contribution is 6.33. The van der Waals surface area contributed by atoms with Gasteiger partial charge in [-0.25, -0.2) is 9.78 Å². The van der Waals surface area contributed by atoms with Crippen molar-refractivity contribution in [3.63, 3.8) is 0 Å². The zero-order chi connectivity index (χ0) is 13.5. The number of nitrogens with zero attached hydrogens (tertiary/aromatic N) is 2. The molecule has 6 heteroatoms. The van der Waals surface area contributed by atoms with Crippen molar-refractivity contribution in [2.24, 2.45) is 0 Å². The van der Waals surface area contributed by atoms with E-state index in [1.54, 1.807) is 0 Å². The fourth-order valence-electron chi connectivity index (χ4n) is 1.58. The van der Waals surface area contributed by atoms with Crippen LogP contribution in [0.2, 0.25) is 5.02 Å². The van der Waals surface area contributed by atoms with Crippen LogP contribution in [0.4, 0.5) is 5.82 Å². The lowest BCUT2D eigenvalue weighted by molar-refractivity contribution is 0.0697. The fraction of sp³-hybridized carbons (Fsp3) is 0.500. The molecule has 0 amide bonds. The van der Waals surface area contributed by atoms with Gasteiger partial charge in [0.05, 0.1) is 10.6 Å². The molecule has 1 rings (SSSR count). The molecule has 0 saturated carbocycles. The summed E-state index contributed by atoms with van der Waals surface area (Å²) in [6.45, 7) is 7.80. The molecule has 100 valence electrons. The van der Waals surface area contributed by atoms with Crippen LogP contribution >= 0.6 is 11.6 Å². The maximum absolute atomic E-state index is 10.9. The standard InChI is InChI=1S/C12H18ClN3O2/c1-3-16(4-2)6-5-14-11-7-9(12(17)18)10(13)8-15-11/h7-8H,3-6H2,1-2H3,(H,14,15)(H,17,18). The van der Waals surface area contributed by atoms with Gasteiger partial charge < -0.3 is 15.3 Å². The maximum Gasteiger partial charge on any atom is 0.337 e. The first-order valence-electron chi connectivity index (χ1n) is 5.93. The van der Waals surface area contributed by atoms with Crippen LogP contribution in [0.25, 0.3) is 0 Å². The highest BCUT2D eigenvalue weighted by atomic mass is 35.5. The van der Waals surface area contributed by atoms with Crippen LogP contribution in [0.3, 0.4) is 0 Å². The summed E-state index contributed by atoms with van der Waals surface area (Å²) in [4.78, 5) is 17.2. The van der Waals surface area contributed by atoms with Gasteiger partial charge in [0.25, 0.3) is 0 Å². The number of aromatic carboxylic acids is 1. The van der Waals surface area contributed by atoms with E-state index in [4.69, 9.17) is 16.7 Å².